The Morgan fingerprint density at radius 3 is 2.41 bits per heavy atom. The molecule has 1 saturated carbocycles. The van der Waals surface area contributed by atoms with Crippen molar-refractivity contribution < 1.29 is 0 Å². The van der Waals surface area contributed by atoms with Crippen molar-refractivity contribution in [2.75, 3.05) is 6.54 Å². The predicted molar refractivity (Wildman–Crippen MR) is 74.2 cm³/mol. The predicted octanol–water partition coefficient (Wildman–Crippen LogP) is 3.79. The van der Waals surface area contributed by atoms with Crippen LogP contribution < -0.4 is 5.32 Å². The molecule has 1 nitrogen and oxygen atoms in total. The fourth-order valence-electron chi connectivity index (χ4n) is 3.19. The third-order valence-corrected chi connectivity index (χ3v) is 4.32. The van der Waals surface area contributed by atoms with Gasteiger partial charge in [-0.15, -0.1) is 0 Å². The molecule has 1 aromatic rings. The van der Waals surface area contributed by atoms with Gasteiger partial charge in [0, 0.05) is 6.04 Å². The number of hydrogen-bond donors (Lipinski definition) is 1. The largest absolute Gasteiger partial charge is 0.313 e. The molecule has 0 aliphatic heterocycles. The molecule has 2 rings (SSSR count). The minimum Gasteiger partial charge on any atom is -0.313 e. The van der Waals surface area contributed by atoms with Gasteiger partial charge in [0.15, 0.2) is 0 Å². The Bertz CT molecular complexity index is 325. The van der Waals surface area contributed by atoms with E-state index >= 15 is 0 Å². The Morgan fingerprint density at radius 2 is 1.82 bits per heavy atom. The second kappa shape index (κ2) is 5.68. The molecule has 0 aromatic heterocycles. The maximum Gasteiger partial charge on any atom is 0.0161 e. The van der Waals surface area contributed by atoms with Crippen molar-refractivity contribution in [1.29, 1.82) is 0 Å². The van der Waals surface area contributed by atoms with Gasteiger partial charge in [-0.3, -0.25) is 0 Å². The topological polar surface area (TPSA) is 12.0 Å². The highest BCUT2D eigenvalue weighted by molar-refractivity contribution is 5.17. The van der Waals surface area contributed by atoms with Crippen molar-refractivity contribution in [2.24, 2.45) is 5.41 Å². The molecule has 0 bridgehead atoms. The molecule has 0 radical (unpaired) electrons. The van der Waals surface area contributed by atoms with Gasteiger partial charge in [-0.25, -0.2) is 0 Å². The van der Waals surface area contributed by atoms with Crippen LogP contribution in [0.2, 0.25) is 0 Å². The monoisotopic (exact) mass is 231 g/mol. The fraction of sp³-hybridized carbons (Fsp3) is 0.625. The Balaban J connectivity index is 2.07. The first-order valence-corrected chi connectivity index (χ1v) is 7.02. The van der Waals surface area contributed by atoms with E-state index in [1.807, 2.05) is 0 Å². The van der Waals surface area contributed by atoms with Gasteiger partial charge in [-0.1, -0.05) is 57.0 Å². The second-order valence-corrected chi connectivity index (χ2v) is 5.66. The minimum absolute atomic E-state index is 0.506. The maximum atomic E-state index is 3.71. The Morgan fingerprint density at radius 1 is 1.18 bits per heavy atom. The summed E-state index contributed by atoms with van der Waals surface area (Å²) < 4.78 is 0. The lowest BCUT2D eigenvalue weighted by Gasteiger charge is -2.35. The molecule has 94 valence electrons. The van der Waals surface area contributed by atoms with Crippen molar-refractivity contribution >= 4 is 0 Å². The van der Waals surface area contributed by atoms with Gasteiger partial charge < -0.3 is 5.32 Å². The van der Waals surface area contributed by atoms with Crippen LogP contribution in [0.1, 0.15) is 45.1 Å². The van der Waals surface area contributed by atoms with Crippen molar-refractivity contribution in [1.82, 2.24) is 5.32 Å². The number of rotatable bonds is 5. The number of nitrogens with one attached hydrogen (secondary N) is 1. The summed E-state index contributed by atoms with van der Waals surface area (Å²) in [7, 11) is 0. The number of likely N-dealkylation sites (N-methyl/N-ethyl adjacent to an activating group) is 1. The molecular weight excluding hydrogens is 206 g/mol. The Labute approximate surface area is 106 Å². The molecule has 0 saturated heterocycles. The molecule has 1 unspecified atom stereocenters. The zero-order chi connectivity index (χ0) is 12.1. The van der Waals surface area contributed by atoms with Crippen molar-refractivity contribution in [2.45, 2.75) is 52.0 Å². The number of benzene rings is 1. The molecule has 1 aliphatic rings. The Hall–Kier alpha value is -0.820. The Kier molecular flexibility index (Phi) is 4.22. The van der Waals surface area contributed by atoms with E-state index in [0.717, 1.165) is 6.54 Å². The highest BCUT2D eigenvalue weighted by Gasteiger charge is 2.36. The van der Waals surface area contributed by atoms with Gasteiger partial charge in [0.25, 0.3) is 0 Å². The molecule has 1 heteroatoms. The van der Waals surface area contributed by atoms with E-state index in [4.69, 9.17) is 0 Å². The highest BCUT2D eigenvalue weighted by Crippen LogP contribution is 2.41. The average molecular weight is 231 g/mol. The minimum atomic E-state index is 0.506. The van der Waals surface area contributed by atoms with Gasteiger partial charge >= 0.3 is 0 Å². The molecule has 0 amide bonds. The summed E-state index contributed by atoms with van der Waals surface area (Å²) in [6.07, 6.45) is 6.76. The third-order valence-electron chi connectivity index (χ3n) is 4.32. The van der Waals surface area contributed by atoms with E-state index in [0.29, 0.717) is 11.5 Å². The maximum absolute atomic E-state index is 3.71. The first-order chi connectivity index (χ1) is 8.24. The fourth-order valence-corrected chi connectivity index (χ4v) is 3.19. The summed E-state index contributed by atoms with van der Waals surface area (Å²) in [4.78, 5) is 0. The van der Waals surface area contributed by atoms with E-state index in [9.17, 15) is 0 Å². The summed E-state index contributed by atoms with van der Waals surface area (Å²) in [6.45, 7) is 5.76. The first-order valence-electron chi connectivity index (χ1n) is 7.02. The van der Waals surface area contributed by atoms with E-state index < -0.39 is 0 Å². The molecule has 1 N–H and O–H groups in total. The second-order valence-electron chi connectivity index (χ2n) is 5.66. The highest BCUT2D eigenvalue weighted by atomic mass is 14.9. The van der Waals surface area contributed by atoms with Crippen LogP contribution in [0.25, 0.3) is 0 Å². The van der Waals surface area contributed by atoms with Crippen LogP contribution in [-0.4, -0.2) is 12.6 Å². The average Bonchev–Trinajstić information content (AvgIpc) is 2.78. The van der Waals surface area contributed by atoms with Crippen LogP contribution in [-0.2, 0) is 6.42 Å². The summed E-state index contributed by atoms with van der Waals surface area (Å²) in [5, 5.41) is 3.71. The number of hydrogen-bond acceptors (Lipinski definition) is 1. The van der Waals surface area contributed by atoms with Crippen LogP contribution >= 0.6 is 0 Å². The molecule has 1 atom stereocenters. The SMILES string of the molecule is CCNC(Cc1ccccc1)C1(C)CCCC1. The first kappa shape index (κ1) is 12.6. The van der Waals surface area contributed by atoms with E-state index in [2.05, 4.69) is 49.5 Å². The molecular formula is C16H25N. The van der Waals surface area contributed by atoms with Crippen LogP contribution in [0.5, 0.6) is 0 Å². The standard InChI is InChI=1S/C16H25N/c1-3-17-15(16(2)11-7-8-12-16)13-14-9-5-4-6-10-14/h4-6,9-10,15,17H,3,7-8,11-13H2,1-2H3. The van der Waals surface area contributed by atoms with Crippen LogP contribution in [0.3, 0.4) is 0 Å². The lowest BCUT2D eigenvalue weighted by molar-refractivity contribution is 0.222. The summed E-state index contributed by atoms with van der Waals surface area (Å²) in [6, 6.07) is 11.5. The molecule has 17 heavy (non-hydrogen) atoms. The molecule has 1 aromatic carbocycles. The lowest BCUT2D eigenvalue weighted by atomic mass is 9.78. The summed E-state index contributed by atoms with van der Waals surface area (Å²) >= 11 is 0. The lowest BCUT2D eigenvalue weighted by Crippen LogP contribution is -2.43. The van der Waals surface area contributed by atoms with Gasteiger partial charge in [-0.2, -0.15) is 0 Å². The third kappa shape index (κ3) is 3.10. The van der Waals surface area contributed by atoms with Gasteiger partial charge in [0.05, 0.1) is 0 Å². The van der Waals surface area contributed by atoms with E-state index in [1.54, 1.807) is 0 Å². The molecule has 1 aliphatic carbocycles. The normalized spacial score (nSPS) is 20.4. The van der Waals surface area contributed by atoms with Gasteiger partial charge in [0.2, 0.25) is 0 Å². The van der Waals surface area contributed by atoms with Crippen LogP contribution in [0.4, 0.5) is 0 Å². The quantitative estimate of drug-likeness (QED) is 0.813. The summed E-state index contributed by atoms with van der Waals surface area (Å²) in [5.74, 6) is 0. The smallest absolute Gasteiger partial charge is 0.0161 e. The summed E-state index contributed by atoms with van der Waals surface area (Å²) in [5.41, 5.74) is 1.97. The molecule has 0 spiro atoms. The zero-order valence-corrected chi connectivity index (χ0v) is 11.2. The van der Waals surface area contributed by atoms with Crippen molar-refractivity contribution in [3.05, 3.63) is 35.9 Å². The van der Waals surface area contributed by atoms with E-state index in [1.165, 1.54) is 37.7 Å². The van der Waals surface area contributed by atoms with Crippen LogP contribution in [0.15, 0.2) is 30.3 Å². The molecule has 1 fully saturated rings. The van der Waals surface area contributed by atoms with Crippen LogP contribution in [0, 0.1) is 5.41 Å². The van der Waals surface area contributed by atoms with Crippen molar-refractivity contribution in [3.8, 4) is 0 Å². The van der Waals surface area contributed by atoms with E-state index in [-0.39, 0.29) is 0 Å². The van der Waals surface area contributed by atoms with Gasteiger partial charge in [-0.05, 0) is 36.8 Å². The zero-order valence-electron chi connectivity index (χ0n) is 11.2. The molecule has 0 heterocycles. The van der Waals surface area contributed by atoms with Gasteiger partial charge in [0.1, 0.15) is 0 Å². The van der Waals surface area contributed by atoms with Crippen molar-refractivity contribution in [3.63, 3.8) is 0 Å².